The Hall–Kier alpha value is -2.36. The third kappa shape index (κ3) is 3.60. The van der Waals surface area contributed by atoms with Crippen LogP contribution in [0.2, 0.25) is 0 Å². The van der Waals surface area contributed by atoms with E-state index in [-0.39, 0.29) is 11.7 Å². The monoisotopic (exact) mass is 286 g/mol. The first-order valence-electron chi connectivity index (χ1n) is 7.07. The van der Waals surface area contributed by atoms with E-state index in [2.05, 4.69) is 5.32 Å². The highest BCUT2D eigenvalue weighted by Crippen LogP contribution is 2.18. The summed E-state index contributed by atoms with van der Waals surface area (Å²) in [7, 11) is 0. The molecule has 0 fully saturated rings. The number of hydrogen-bond donors (Lipinski definition) is 1. The summed E-state index contributed by atoms with van der Waals surface area (Å²) < 4.78 is 13.0. The van der Waals surface area contributed by atoms with Crippen LogP contribution in [0.3, 0.4) is 0 Å². The Balaban J connectivity index is 2.21. The lowest BCUT2D eigenvalue weighted by Gasteiger charge is -2.21. The maximum atomic E-state index is 13.0. The first-order chi connectivity index (χ1) is 10.2. The molecule has 0 aromatic heterocycles. The lowest BCUT2D eigenvalue weighted by atomic mass is 10.1. The Labute approximate surface area is 124 Å². The molecule has 0 saturated heterocycles. The molecule has 2 rings (SSSR count). The van der Waals surface area contributed by atoms with Gasteiger partial charge in [-0.05, 0) is 62.4 Å². The number of benzene rings is 2. The Morgan fingerprint density at radius 1 is 1.05 bits per heavy atom. The molecule has 0 saturated carbocycles. The highest BCUT2D eigenvalue weighted by molar-refractivity contribution is 6.06. The lowest BCUT2D eigenvalue weighted by Crippen LogP contribution is -2.30. The van der Waals surface area contributed by atoms with Crippen LogP contribution in [-0.2, 0) is 0 Å². The van der Waals surface area contributed by atoms with Crippen molar-refractivity contribution >= 4 is 17.3 Å². The van der Waals surface area contributed by atoms with Gasteiger partial charge in [0, 0.05) is 30.0 Å². The first kappa shape index (κ1) is 15.0. The molecule has 0 unspecified atom stereocenters. The fourth-order valence-electron chi connectivity index (χ4n) is 2.16. The van der Waals surface area contributed by atoms with Gasteiger partial charge in [-0.2, -0.15) is 0 Å². The largest absolute Gasteiger partial charge is 0.385 e. The zero-order valence-corrected chi connectivity index (χ0v) is 12.3. The van der Waals surface area contributed by atoms with Crippen molar-refractivity contribution in [1.29, 1.82) is 0 Å². The maximum Gasteiger partial charge on any atom is 0.258 e. The minimum absolute atomic E-state index is 0.0906. The number of amides is 1. The van der Waals surface area contributed by atoms with Gasteiger partial charge in [0.25, 0.3) is 5.91 Å². The highest BCUT2D eigenvalue weighted by Gasteiger charge is 2.15. The molecule has 0 bridgehead atoms. The molecule has 0 radical (unpaired) electrons. The summed E-state index contributed by atoms with van der Waals surface area (Å²) in [6.45, 7) is 5.28. The minimum atomic E-state index is -0.308. The predicted octanol–water partition coefficient (Wildman–Crippen LogP) is 3.92. The van der Waals surface area contributed by atoms with Gasteiger partial charge < -0.3 is 10.2 Å². The van der Waals surface area contributed by atoms with E-state index in [0.717, 1.165) is 12.2 Å². The Kier molecular flexibility index (Phi) is 4.93. The van der Waals surface area contributed by atoms with Crippen LogP contribution in [0.15, 0.2) is 48.5 Å². The van der Waals surface area contributed by atoms with Crippen molar-refractivity contribution in [2.45, 2.75) is 13.8 Å². The van der Waals surface area contributed by atoms with E-state index in [1.165, 1.54) is 12.1 Å². The van der Waals surface area contributed by atoms with E-state index in [0.29, 0.717) is 17.8 Å². The summed E-state index contributed by atoms with van der Waals surface area (Å²) in [5.74, 6) is -0.399. The van der Waals surface area contributed by atoms with Gasteiger partial charge in [0.15, 0.2) is 0 Å². The van der Waals surface area contributed by atoms with Gasteiger partial charge in [0.05, 0.1) is 0 Å². The summed E-state index contributed by atoms with van der Waals surface area (Å²) in [4.78, 5) is 14.2. The van der Waals surface area contributed by atoms with Crippen molar-refractivity contribution in [3.8, 4) is 0 Å². The van der Waals surface area contributed by atoms with E-state index in [9.17, 15) is 9.18 Å². The quantitative estimate of drug-likeness (QED) is 0.903. The zero-order valence-electron chi connectivity index (χ0n) is 12.3. The molecule has 3 nitrogen and oxygen atoms in total. The fourth-order valence-corrected chi connectivity index (χ4v) is 2.16. The summed E-state index contributed by atoms with van der Waals surface area (Å²) >= 11 is 0. The molecule has 0 heterocycles. The maximum absolute atomic E-state index is 13.0. The first-order valence-corrected chi connectivity index (χ1v) is 7.07. The fraction of sp³-hybridized carbons (Fsp3) is 0.235. The van der Waals surface area contributed by atoms with Gasteiger partial charge in [0.2, 0.25) is 0 Å². The van der Waals surface area contributed by atoms with Gasteiger partial charge in [0.1, 0.15) is 5.82 Å². The summed E-state index contributed by atoms with van der Waals surface area (Å²) in [6.07, 6.45) is 0. The van der Waals surface area contributed by atoms with Crippen LogP contribution in [-0.4, -0.2) is 19.0 Å². The van der Waals surface area contributed by atoms with Crippen LogP contribution >= 0.6 is 0 Å². The second-order valence-electron chi connectivity index (χ2n) is 4.63. The number of rotatable bonds is 5. The molecule has 0 aliphatic rings. The molecule has 4 heteroatoms. The van der Waals surface area contributed by atoms with Crippen molar-refractivity contribution in [3.63, 3.8) is 0 Å². The van der Waals surface area contributed by atoms with Crippen molar-refractivity contribution in [2.75, 3.05) is 23.3 Å². The SMILES string of the molecule is CCNc1ccc(C(=O)N(CC)c2ccc(F)cc2)cc1. The molecule has 2 aromatic carbocycles. The third-order valence-electron chi connectivity index (χ3n) is 3.21. The number of carbonyl (C=O) groups is 1. The van der Waals surface area contributed by atoms with E-state index < -0.39 is 0 Å². The van der Waals surface area contributed by atoms with Crippen molar-refractivity contribution in [3.05, 3.63) is 59.9 Å². The zero-order chi connectivity index (χ0) is 15.2. The number of nitrogens with one attached hydrogen (secondary N) is 1. The molecule has 0 aliphatic heterocycles. The van der Waals surface area contributed by atoms with Gasteiger partial charge in [-0.15, -0.1) is 0 Å². The Morgan fingerprint density at radius 2 is 1.67 bits per heavy atom. The number of carbonyl (C=O) groups excluding carboxylic acids is 1. The normalized spacial score (nSPS) is 10.2. The van der Waals surface area contributed by atoms with E-state index >= 15 is 0 Å². The molecular formula is C17H19FN2O. The van der Waals surface area contributed by atoms with E-state index in [1.807, 2.05) is 26.0 Å². The van der Waals surface area contributed by atoms with E-state index in [1.54, 1.807) is 29.2 Å². The standard InChI is InChI=1S/C17H19FN2O/c1-3-19-15-9-5-13(6-10-15)17(21)20(4-2)16-11-7-14(18)8-12-16/h5-12,19H,3-4H2,1-2H3. The van der Waals surface area contributed by atoms with Crippen LogP contribution in [0.5, 0.6) is 0 Å². The van der Waals surface area contributed by atoms with Crippen molar-refractivity contribution in [2.24, 2.45) is 0 Å². The third-order valence-corrected chi connectivity index (χ3v) is 3.21. The van der Waals surface area contributed by atoms with Gasteiger partial charge in [-0.3, -0.25) is 4.79 Å². The van der Waals surface area contributed by atoms with Crippen LogP contribution in [0.4, 0.5) is 15.8 Å². The molecule has 0 aliphatic carbocycles. The average Bonchev–Trinajstić information content (AvgIpc) is 2.51. The highest BCUT2D eigenvalue weighted by atomic mass is 19.1. The predicted molar refractivity (Wildman–Crippen MR) is 84.4 cm³/mol. The number of nitrogens with zero attached hydrogens (tertiary/aromatic N) is 1. The van der Waals surface area contributed by atoms with Crippen molar-refractivity contribution < 1.29 is 9.18 Å². The number of anilines is 2. The molecule has 21 heavy (non-hydrogen) atoms. The van der Waals surface area contributed by atoms with Crippen molar-refractivity contribution in [1.82, 2.24) is 0 Å². The molecule has 1 N–H and O–H groups in total. The number of halogens is 1. The van der Waals surface area contributed by atoms with Crippen LogP contribution in [0.25, 0.3) is 0 Å². The molecular weight excluding hydrogens is 267 g/mol. The summed E-state index contributed by atoms with van der Waals surface area (Å²) in [5, 5.41) is 3.19. The molecule has 0 atom stereocenters. The molecule has 0 spiro atoms. The second-order valence-corrected chi connectivity index (χ2v) is 4.63. The lowest BCUT2D eigenvalue weighted by molar-refractivity contribution is 0.0988. The average molecular weight is 286 g/mol. The Morgan fingerprint density at radius 3 is 2.19 bits per heavy atom. The van der Waals surface area contributed by atoms with Gasteiger partial charge in [-0.1, -0.05) is 0 Å². The van der Waals surface area contributed by atoms with Crippen LogP contribution < -0.4 is 10.2 Å². The second kappa shape index (κ2) is 6.88. The van der Waals surface area contributed by atoms with Gasteiger partial charge >= 0.3 is 0 Å². The molecule has 2 aromatic rings. The van der Waals surface area contributed by atoms with Crippen LogP contribution in [0, 0.1) is 5.82 Å². The molecule has 1 amide bonds. The Bertz CT molecular complexity index is 593. The summed E-state index contributed by atoms with van der Waals surface area (Å²) in [5.41, 5.74) is 2.29. The smallest absolute Gasteiger partial charge is 0.258 e. The van der Waals surface area contributed by atoms with Gasteiger partial charge in [-0.25, -0.2) is 4.39 Å². The van der Waals surface area contributed by atoms with Crippen LogP contribution in [0.1, 0.15) is 24.2 Å². The van der Waals surface area contributed by atoms with E-state index in [4.69, 9.17) is 0 Å². The summed E-state index contributed by atoms with van der Waals surface area (Å²) in [6, 6.07) is 13.3. The topological polar surface area (TPSA) is 32.3 Å². The minimum Gasteiger partial charge on any atom is -0.385 e. The molecule has 110 valence electrons. The number of hydrogen-bond acceptors (Lipinski definition) is 2.